The number of hydrogen-bond acceptors (Lipinski definition) is 6. The Morgan fingerprint density at radius 1 is 1.28 bits per heavy atom. The number of rotatable bonds is 6. The van der Waals surface area contributed by atoms with E-state index in [0.29, 0.717) is 13.0 Å². The summed E-state index contributed by atoms with van der Waals surface area (Å²) in [5.74, 6) is 0.314. The molecule has 2 aromatic rings. The molecule has 3 aliphatic rings. The fraction of sp³-hybridized carbons (Fsp3) is 0.600. The monoisotopic (exact) mass is 457 g/mol. The molecule has 7 heteroatoms. The summed E-state index contributed by atoms with van der Waals surface area (Å²) < 4.78 is 12.5. The quantitative estimate of drug-likeness (QED) is 0.651. The Balaban J connectivity index is 1.24. The van der Waals surface area contributed by atoms with Crippen LogP contribution in [0.5, 0.6) is 5.75 Å². The van der Waals surface area contributed by atoms with Crippen molar-refractivity contribution in [2.75, 3.05) is 6.61 Å². The second kappa shape index (κ2) is 8.76. The number of aliphatic hydroxyl groups is 1. The zero-order valence-corrected chi connectivity index (χ0v) is 19.4. The van der Waals surface area contributed by atoms with Crippen LogP contribution in [0.3, 0.4) is 0 Å². The van der Waals surface area contributed by atoms with Gasteiger partial charge in [-0.3, -0.25) is 0 Å². The molecule has 6 nitrogen and oxygen atoms in total. The van der Waals surface area contributed by atoms with E-state index in [4.69, 9.17) is 9.47 Å². The van der Waals surface area contributed by atoms with Crippen molar-refractivity contribution < 1.29 is 24.5 Å². The van der Waals surface area contributed by atoms with Crippen LogP contribution in [0.4, 0.5) is 0 Å². The van der Waals surface area contributed by atoms with Gasteiger partial charge in [0.25, 0.3) is 0 Å². The highest BCUT2D eigenvalue weighted by molar-refractivity contribution is 7.12. The van der Waals surface area contributed by atoms with Gasteiger partial charge in [-0.2, -0.15) is 0 Å². The zero-order chi connectivity index (χ0) is 22.4. The lowest BCUT2D eigenvalue weighted by molar-refractivity contribution is -0.0811. The maximum Gasteiger partial charge on any atom is 0.355 e. The minimum atomic E-state index is -0.982. The number of fused-ring (bicyclic) bond motifs is 2. The maximum absolute atomic E-state index is 11.6. The molecule has 1 saturated carbocycles. The van der Waals surface area contributed by atoms with Gasteiger partial charge in [-0.25, -0.2) is 9.78 Å². The number of aliphatic hydroxyl groups excluding tert-OH is 1. The van der Waals surface area contributed by atoms with Crippen LogP contribution in [0.15, 0.2) is 18.2 Å². The third-order valence-corrected chi connectivity index (χ3v) is 8.73. The Kier molecular flexibility index (Phi) is 5.99. The third kappa shape index (κ3) is 4.06. The van der Waals surface area contributed by atoms with E-state index in [1.165, 1.54) is 28.9 Å². The van der Waals surface area contributed by atoms with Crippen LogP contribution in [0.1, 0.15) is 83.1 Å². The molecule has 0 amide bonds. The Morgan fingerprint density at radius 3 is 2.84 bits per heavy atom. The van der Waals surface area contributed by atoms with Crippen molar-refractivity contribution in [3.8, 4) is 5.75 Å². The third-order valence-electron chi connectivity index (χ3n) is 7.28. The summed E-state index contributed by atoms with van der Waals surface area (Å²) in [5.41, 5.74) is 2.97. The molecule has 2 heterocycles. The van der Waals surface area contributed by atoms with E-state index in [1.54, 1.807) is 0 Å². The zero-order valence-electron chi connectivity index (χ0n) is 18.6. The SMILES string of the molecule is CC(C)c1sc([C@H]2CC[C@@H]3[C@@H](COc4ccc5c(c4)CCC5)[C@H](O)C[C@@H]3O2)nc1C(=O)O. The summed E-state index contributed by atoms with van der Waals surface area (Å²) in [7, 11) is 0. The molecule has 5 atom stereocenters. The van der Waals surface area contributed by atoms with E-state index < -0.39 is 12.1 Å². The molecule has 2 aliphatic carbocycles. The molecule has 0 radical (unpaired) electrons. The van der Waals surface area contributed by atoms with E-state index >= 15 is 0 Å². The number of benzene rings is 1. The summed E-state index contributed by atoms with van der Waals surface area (Å²) in [6.07, 6.45) is 5.10. The molecule has 32 heavy (non-hydrogen) atoms. The minimum Gasteiger partial charge on any atom is -0.493 e. The van der Waals surface area contributed by atoms with Crippen LogP contribution in [0.25, 0.3) is 0 Å². The Morgan fingerprint density at radius 2 is 2.09 bits per heavy atom. The van der Waals surface area contributed by atoms with Crippen LogP contribution in [0.2, 0.25) is 0 Å². The average molecular weight is 458 g/mol. The molecule has 0 bridgehead atoms. The van der Waals surface area contributed by atoms with E-state index in [9.17, 15) is 15.0 Å². The van der Waals surface area contributed by atoms with Gasteiger partial charge in [0.05, 0.1) is 18.8 Å². The predicted molar refractivity (Wildman–Crippen MR) is 122 cm³/mol. The highest BCUT2D eigenvalue weighted by atomic mass is 32.1. The molecule has 1 aromatic heterocycles. The molecule has 2 fully saturated rings. The van der Waals surface area contributed by atoms with Gasteiger partial charge in [-0.05, 0) is 67.2 Å². The second-order valence-corrected chi connectivity index (χ2v) is 10.8. The van der Waals surface area contributed by atoms with E-state index in [0.717, 1.165) is 41.3 Å². The molecule has 1 aromatic carbocycles. The van der Waals surface area contributed by atoms with Gasteiger partial charge < -0.3 is 19.7 Å². The van der Waals surface area contributed by atoms with Gasteiger partial charge in [0.15, 0.2) is 5.69 Å². The number of carboxylic acids is 1. The number of ether oxygens (including phenoxy) is 2. The molecule has 5 rings (SSSR count). The Labute approximate surface area is 192 Å². The molecule has 0 spiro atoms. The van der Waals surface area contributed by atoms with Gasteiger partial charge in [-0.1, -0.05) is 19.9 Å². The largest absolute Gasteiger partial charge is 0.493 e. The normalized spacial score (nSPS) is 29.2. The van der Waals surface area contributed by atoms with Gasteiger partial charge >= 0.3 is 5.97 Å². The first-order chi connectivity index (χ1) is 15.4. The number of hydrogen-bond donors (Lipinski definition) is 2. The Hall–Kier alpha value is -1.96. The van der Waals surface area contributed by atoms with Crippen LogP contribution >= 0.6 is 11.3 Å². The van der Waals surface area contributed by atoms with Crippen molar-refractivity contribution in [2.45, 2.75) is 76.6 Å². The van der Waals surface area contributed by atoms with Crippen molar-refractivity contribution in [1.82, 2.24) is 4.98 Å². The molecule has 172 valence electrons. The summed E-state index contributed by atoms with van der Waals surface area (Å²) in [6.45, 7) is 4.47. The number of thiazole rings is 1. The van der Waals surface area contributed by atoms with E-state index in [1.807, 2.05) is 19.9 Å². The van der Waals surface area contributed by atoms with E-state index in [-0.39, 0.29) is 35.7 Å². The molecular formula is C25H31NO5S. The first-order valence-electron chi connectivity index (χ1n) is 11.7. The van der Waals surface area contributed by atoms with E-state index in [2.05, 4.69) is 17.1 Å². The fourth-order valence-corrected chi connectivity index (χ4v) is 6.74. The summed E-state index contributed by atoms with van der Waals surface area (Å²) >= 11 is 1.45. The number of aryl methyl sites for hydroxylation is 2. The number of carbonyl (C=O) groups is 1. The van der Waals surface area contributed by atoms with Gasteiger partial charge in [0.2, 0.25) is 0 Å². The summed E-state index contributed by atoms with van der Waals surface area (Å²) in [4.78, 5) is 16.8. The van der Waals surface area contributed by atoms with Crippen molar-refractivity contribution in [1.29, 1.82) is 0 Å². The molecule has 1 saturated heterocycles. The van der Waals surface area contributed by atoms with Crippen molar-refractivity contribution >= 4 is 17.3 Å². The van der Waals surface area contributed by atoms with Gasteiger partial charge in [0, 0.05) is 17.2 Å². The number of aromatic carboxylic acids is 1. The number of nitrogens with zero attached hydrogens (tertiary/aromatic N) is 1. The van der Waals surface area contributed by atoms with Gasteiger partial charge in [-0.15, -0.1) is 11.3 Å². The van der Waals surface area contributed by atoms with Crippen LogP contribution in [-0.2, 0) is 17.6 Å². The second-order valence-electron chi connectivity index (χ2n) is 9.69. The number of carboxylic acid groups (broad SMARTS) is 1. The van der Waals surface area contributed by atoms with Crippen molar-refractivity contribution in [2.24, 2.45) is 11.8 Å². The van der Waals surface area contributed by atoms with Crippen LogP contribution in [0, 0.1) is 11.8 Å². The highest BCUT2D eigenvalue weighted by Crippen LogP contribution is 2.47. The lowest BCUT2D eigenvalue weighted by atomic mass is 9.87. The minimum absolute atomic E-state index is 0.0444. The number of aromatic nitrogens is 1. The predicted octanol–water partition coefficient (Wildman–Crippen LogP) is 4.75. The molecular weight excluding hydrogens is 426 g/mol. The first-order valence-corrected chi connectivity index (χ1v) is 12.5. The first kappa shape index (κ1) is 21.9. The molecule has 1 aliphatic heterocycles. The fourth-order valence-electron chi connectivity index (χ4n) is 5.61. The average Bonchev–Trinajstić information content (AvgIpc) is 3.47. The van der Waals surface area contributed by atoms with Crippen molar-refractivity contribution in [3.05, 3.63) is 44.9 Å². The smallest absolute Gasteiger partial charge is 0.355 e. The Bertz CT molecular complexity index is 1000. The lowest BCUT2D eigenvalue weighted by Gasteiger charge is -2.33. The van der Waals surface area contributed by atoms with Gasteiger partial charge in [0.1, 0.15) is 16.9 Å². The van der Waals surface area contributed by atoms with Crippen LogP contribution < -0.4 is 4.74 Å². The lowest BCUT2D eigenvalue weighted by Crippen LogP contribution is -2.33. The summed E-state index contributed by atoms with van der Waals surface area (Å²) in [5, 5.41) is 21.0. The topological polar surface area (TPSA) is 88.9 Å². The molecule has 0 unspecified atom stereocenters. The standard InChI is InChI=1S/C25H31NO5S/c1-13(2)23-22(25(28)29)26-24(32-23)20-9-8-17-18(19(27)11-21(17)31-20)12-30-16-7-6-14-4-3-5-15(14)10-16/h6-7,10,13,17-21,27H,3-5,8-9,11-12H2,1-2H3,(H,28,29)/t17-,18-,19-,20-,21+/m1/s1. The summed E-state index contributed by atoms with van der Waals surface area (Å²) in [6, 6.07) is 6.37. The highest BCUT2D eigenvalue weighted by Gasteiger charge is 2.47. The van der Waals surface area contributed by atoms with Crippen LogP contribution in [-0.4, -0.2) is 40.0 Å². The molecule has 2 N–H and O–H groups in total. The maximum atomic E-state index is 11.6. The van der Waals surface area contributed by atoms with Crippen molar-refractivity contribution in [3.63, 3.8) is 0 Å².